The van der Waals surface area contributed by atoms with E-state index in [1.807, 2.05) is 19.1 Å². The molecule has 0 saturated carbocycles. The fourth-order valence-electron chi connectivity index (χ4n) is 4.55. The first-order chi connectivity index (χ1) is 16.0. The molecule has 184 valence electrons. The molecule has 0 N–H and O–H groups in total. The Morgan fingerprint density at radius 1 is 1.24 bits per heavy atom. The molecule has 1 aromatic rings. The smallest absolute Gasteiger partial charge is 0.413 e. The lowest BCUT2D eigenvalue weighted by Crippen LogP contribution is -2.63. The molecular formula is C25H34N2O6Si. The first kappa shape index (κ1) is 25.7. The largest absolute Gasteiger partial charge is 0.457 e. The van der Waals surface area contributed by atoms with E-state index in [1.165, 1.54) is 11.0 Å². The first-order valence-corrected chi connectivity index (χ1v) is 14.9. The van der Waals surface area contributed by atoms with Crippen molar-refractivity contribution in [3.05, 3.63) is 48.2 Å². The Hall–Kier alpha value is -2.91. The van der Waals surface area contributed by atoms with Crippen molar-refractivity contribution in [2.45, 2.75) is 52.1 Å². The number of β-lactam (4-membered cyclic amide) rings is 1. The molecule has 3 rings (SSSR count). The van der Waals surface area contributed by atoms with Crippen molar-refractivity contribution in [3.8, 4) is 0 Å². The third-order valence-corrected chi connectivity index (χ3v) is 7.00. The number of carbonyl (C=O) groups excluding carboxylic acids is 3. The SMILES string of the molecule is C=CCOC(=O)C1=C(c2ccc(N(C)C(=O)OCC)cc2)CC2[C@@H]([C@@H](C)O[Si](C)(C)C)C(=O)N12. The zero-order valence-electron chi connectivity index (χ0n) is 20.8. The number of amides is 2. The molecule has 8 nitrogen and oxygen atoms in total. The number of nitrogens with zero attached hydrogens (tertiary/aromatic N) is 2. The van der Waals surface area contributed by atoms with Gasteiger partial charge in [0.05, 0.1) is 24.7 Å². The molecule has 1 fully saturated rings. The Labute approximate surface area is 202 Å². The molecule has 1 saturated heterocycles. The second kappa shape index (κ2) is 10.1. The van der Waals surface area contributed by atoms with E-state index in [0.29, 0.717) is 12.1 Å². The zero-order chi connectivity index (χ0) is 25.2. The molecule has 0 bridgehead atoms. The van der Waals surface area contributed by atoms with Gasteiger partial charge in [0.15, 0.2) is 8.32 Å². The minimum Gasteiger partial charge on any atom is -0.457 e. The monoisotopic (exact) mass is 486 g/mol. The van der Waals surface area contributed by atoms with E-state index in [1.54, 1.807) is 31.0 Å². The average molecular weight is 487 g/mol. The fraction of sp³-hybridized carbons (Fsp3) is 0.480. The van der Waals surface area contributed by atoms with Crippen molar-refractivity contribution >= 4 is 37.5 Å². The van der Waals surface area contributed by atoms with Gasteiger partial charge in [-0.05, 0) is 63.2 Å². The molecule has 9 heteroatoms. The Bertz CT molecular complexity index is 998. The van der Waals surface area contributed by atoms with Gasteiger partial charge >= 0.3 is 12.1 Å². The van der Waals surface area contributed by atoms with Gasteiger partial charge in [0.2, 0.25) is 5.91 Å². The minimum absolute atomic E-state index is 0.0597. The molecule has 3 atom stereocenters. The molecule has 0 radical (unpaired) electrons. The van der Waals surface area contributed by atoms with E-state index in [0.717, 1.165) is 11.1 Å². The summed E-state index contributed by atoms with van der Waals surface area (Å²) in [4.78, 5) is 41.1. The summed E-state index contributed by atoms with van der Waals surface area (Å²) >= 11 is 0. The Morgan fingerprint density at radius 2 is 1.88 bits per heavy atom. The van der Waals surface area contributed by atoms with E-state index in [4.69, 9.17) is 13.9 Å². The molecule has 0 aliphatic carbocycles. The van der Waals surface area contributed by atoms with Crippen LogP contribution in [0.1, 0.15) is 25.8 Å². The van der Waals surface area contributed by atoms with E-state index in [2.05, 4.69) is 26.2 Å². The maximum Gasteiger partial charge on any atom is 0.413 e. The van der Waals surface area contributed by atoms with Gasteiger partial charge in [0, 0.05) is 12.7 Å². The van der Waals surface area contributed by atoms with Crippen LogP contribution in [0.15, 0.2) is 42.6 Å². The van der Waals surface area contributed by atoms with E-state index in [-0.39, 0.29) is 42.9 Å². The second-order valence-electron chi connectivity index (χ2n) is 9.46. The highest BCUT2D eigenvalue weighted by Gasteiger charge is 2.57. The van der Waals surface area contributed by atoms with Crippen LogP contribution in [-0.2, 0) is 23.5 Å². The van der Waals surface area contributed by atoms with E-state index >= 15 is 0 Å². The summed E-state index contributed by atoms with van der Waals surface area (Å²) in [7, 11) is -0.204. The van der Waals surface area contributed by atoms with Crippen LogP contribution in [0.3, 0.4) is 0 Å². The van der Waals surface area contributed by atoms with Crippen LogP contribution < -0.4 is 4.90 Å². The number of hydrogen-bond acceptors (Lipinski definition) is 6. The quantitative estimate of drug-likeness (QED) is 0.225. The van der Waals surface area contributed by atoms with Crippen LogP contribution in [0.4, 0.5) is 10.5 Å². The summed E-state index contributed by atoms with van der Waals surface area (Å²) < 4.78 is 16.6. The van der Waals surface area contributed by atoms with E-state index in [9.17, 15) is 14.4 Å². The number of benzene rings is 1. The Morgan fingerprint density at radius 3 is 2.44 bits per heavy atom. The van der Waals surface area contributed by atoms with Crippen LogP contribution in [0.25, 0.3) is 5.57 Å². The number of ether oxygens (including phenoxy) is 2. The number of fused-ring (bicyclic) bond motifs is 1. The molecule has 2 heterocycles. The lowest BCUT2D eigenvalue weighted by atomic mass is 9.82. The third kappa shape index (κ3) is 5.10. The van der Waals surface area contributed by atoms with Gasteiger partial charge < -0.3 is 18.8 Å². The van der Waals surface area contributed by atoms with Gasteiger partial charge in [-0.1, -0.05) is 24.8 Å². The maximum atomic E-state index is 13.2. The van der Waals surface area contributed by atoms with Crippen LogP contribution in [0, 0.1) is 5.92 Å². The topological polar surface area (TPSA) is 85.4 Å². The first-order valence-electron chi connectivity index (χ1n) is 11.5. The number of esters is 1. The van der Waals surface area contributed by atoms with Gasteiger partial charge in [-0.25, -0.2) is 9.59 Å². The standard InChI is InChI=1S/C25H34N2O6Si/c1-8-14-32-24(29)22-19(17-10-12-18(13-11-17)26(4)25(30)31-9-2)15-20-21(23(28)27(20)22)16(3)33-34(5,6)7/h8,10-13,16,20-21H,1,9,14-15H2,2-7H3/t16-,20?,21-/m1/s1. The fourth-order valence-corrected chi connectivity index (χ4v) is 5.81. The predicted octanol–water partition coefficient (Wildman–Crippen LogP) is 4.19. The van der Waals surface area contributed by atoms with Crippen molar-refractivity contribution in [1.29, 1.82) is 0 Å². The summed E-state index contributed by atoms with van der Waals surface area (Å²) in [6.45, 7) is 13.9. The van der Waals surface area contributed by atoms with Crippen molar-refractivity contribution in [1.82, 2.24) is 4.90 Å². The number of carbonyl (C=O) groups is 3. The van der Waals surface area contributed by atoms with Crippen LogP contribution in [0.2, 0.25) is 19.6 Å². The van der Waals surface area contributed by atoms with Gasteiger partial charge in [0.25, 0.3) is 0 Å². The highest BCUT2D eigenvalue weighted by atomic mass is 28.4. The van der Waals surface area contributed by atoms with Crippen LogP contribution in [0.5, 0.6) is 0 Å². The summed E-state index contributed by atoms with van der Waals surface area (Å²) in [6.07, 6.45) is 1.35. The summed E-state index contributed by atoms with van der Waals surface area (Å²) in [6, 6.07) is 7.11. The maximum absolute atomic E-state index is 13.2. The van der Waals surface area contributed by atoms with Gasteiger partial charge in [-0.2, -0.15) is 0 Å². The van der Waals surface area contributed by atoms with Crippen molar-refractivity contribution in [2.75, 3.05) is 25.2 Å². The number of rotatable bonds is 9. The predicted molar refractivity (Wildman–Crippen MR) is 133 cm³/mol. The normalized spacial score (nSPS) is 20.4. The molecule has 1 unspecified atom stereocenters. The van der Waals surface area contributed by atoms with Crippen molar-refractivity contribution in [2.24, 2.45) is 5.92 Å². The Balaban J connectivity index is 1.90. The molecule has 0 aromatic heterocycles. The van der Waals surface area contributed by atoms with Crippen LogP contribution >= 0.6 is 0 Å². The third-order valence-electron chi connectivity index (χ3n) is 5.92. The van der Waals surface area contributed by atoms with Gasteiger partial charge in [0.1, 0.15) is 12.3 Å². The lowest BCUT2D eigenvalue weighted by Gasteiger charge is -2.47. The van der Waals surface area contributed by atoms with E-state index < -0.39 is 20.4 Å². The molecule has 2 aliphatic rings. The van der Waals surface area contributed by atoms with Crippen molar-refractivity contribution in [3.63, 3.8) is 0 Å². The molecule has 34 heavy (non-hydrogen) atoms. The number of anilines is 1. The summed E-state index contributed by atoms with van der Waals surface area (Å²) in [5.74, 6) is -0.966. The molecule has 2 aliphatic heterocycles. The minimum atomic E-state index is -1.84. The zero-order valence-corrected chi connectivity index (χ0v) is 21.8. The highest BCUT2D eigenvalue weighted by molar-refractivity contribution is 6.69. The molecular weight excluding hydrogens is 452 g/mol. The van der Waals surface area contributed by atoms with Gasteiger partial charge in [-0.15, -0.1) is 0 Å². The van der Waals surface area contributed by atoms with Gasteiger partial charge in [-0.3, -0.25) is 9.69 Å². The lowest BCUT2D eigenvalue weighted by molar-refractivity contribution is -0.161. The number of hydrogen-bond donors (Lipinski definition) is 0. The second-order valence-corrected chi connectivity index (χ2v) is 13.9. The molecule has 1 aromatic carbocycles. The molecule has 2 amide bonds. The highest BCUT2D eigenvalue weighted by Crippen LogP contribution is 2.48. The van der Waals surface area contributed by atoms with Crippen molar-refractivity contribution < 1.29 is 28.3 Å². The summed E-state index contributed by atoms with van der Waals surface area (Å²) in [5.41, 5.74) is 2.48. The molecule has 0 spiro atoms. The van der Waals surface area contributed by atoms with Crippen LogP contribution in [-0.4, -0.2) is 63.6 Å². The summed E-state index contributed by atoms with van der Waals surface area (Å²) in [5, 5.41) is 0. The Kier molecular flexibility index (Phi) is 7.67. The average Bonchev–Trinajstić information content (AvgIpc) is 3.11.